The van der Waals surface area contributed by atoms with Gasteiger partial charge < -0.3 is 15.4 Å². The van der Waals surface area contributed by atoms with Gasteiger partial charge in [0.05, 0.1) is 17.6 Å². The summed E-state index contributed by atoms with van der Waals surface area (Å²) in [5, 5.41) is 27.0. The molecule has 0 saturated carbocycles. The molecule has 0 fully saturated rings. The molecule has 5 rings (SSSR count). The third-order valence-electron chi connectivity index (χ3n) is 6.75. The second kappa shape index (κ2) is 14.3. The minimum Gasteiger partial charge on any atom is -0.494 e. The maximum atomic E-state index is 13.3. The van der Waals surface area contributed by atoms with Crippen LogP contribution in [-0.4, -0.2) is 32.3 Å². The third kappa shape index (κ3) is 7.81. The predicted octanol–water partition coefficient (Wildman–Crippen LogP) is 7.28. The topological polar surface area (TPSA) is 124 Å². The lowest BCUT2D eigenvalue weighted by molar-refractivity contribution is -0.384. The number of hydrogen-bond donors (Lipinski definition) is 2. The standard InChI is InChI=1S/C33H32N6O4S/c1-3-43-29-18-12-26(13-19-29)34-32(40)35-30(21-24-9-5-4-6-10-24)31-36-37-33(44-22-25-11-7-8-23(2)20-25)38(31)27-14-16-28(17-15-27)39(41)42/h4-20,30H,3,21-22H2,1-2H3,(H2,34,35,40). The molecule has 0 saturated heterocycles. The Morgan fingerprint density at radius 1 is 0.955 bits per heavy atom. The molecule has 2 amide bonds. The molecule has 5 aromatic rings. The van der Waals surface area contributed by atoms with E-state index in [1.54, 1.807) is 36.4 Å². The normalized spacial score (nSPS) is 11.5. The van der Waals surface area contributed by atoms with Crippen molar-refractivity contribution in [1.29, 1.82) is 0 Å². The smallest absolute Gasteiger partial charge is 0.319 e. The number of nitro groups is 1. The van der Waals surface area contributed by atoms with Crippen LogP contribution in [0.2, 0.25) is 0 Å². The molecule has 0 aliphatic rings. The van der Waals surface area contributed by atoms with Crippen LogP contribution in [0.1, 0.15) is 35.5 Å². The van der Waals surface area contributed by atoms with Gasteiger partial charge in [0.25, 0.3) is 5.69 Å². The first-order valence-corrected chi connectivity index (χ1v) is 15.1. The van der Waals surface area contributed by atoms with E-state index in [1.165, 1.54) is 23.9 Å². The second-order valence-electron chi connectivity index (χ2n) is 10.0. The number of amides is 2. The number of thioether (sulfide) groups is 1. The van der Waals surface area contributed by atoms with E-state index in [1.807, 2.05) is 60.9 Å². The van der Waals surface area contributed by atoms with Gasteiger partial charge in [0.2, 0.25) is 0 Å². The minimum atomic E-state index is -0.587. The quantitative estimate of drug-likeness (QED) is 0.0866. The fourth-order valence-corrected chi connectivity index (χ4v) is 5.60. The second-order valence-corrected chi connectivity index (χ2v) is 11.0. The number of aromatic nitrogens is 3. The summed E-state index contributed by atoms with van der Waals surface area (Å²) in [5.41, 5.74) is 4.51. The van der Waals surface area contributed by atoms with Crippen molar-refractivity contribution >= 4 is 29.2 Å². The zero-order valence-electron chi connectivity index (χ0n) is 24.3. The van der Waals surface area contributed by atoms with Gasteiger partial charge in [0.15, 0.2) is 11.0 Å². The molecule has 2 N–H and O–H groups in total. The number of anilines is 1. The minimum absolute atomic E-state index is 0.0222. The van der Waals surface area contributed by atoms with Crippen LogP contribution < -0.4 is 15.4 Å². The molecule has 11 heteroatoms. The Bertz CT molecular complexity index is 1710. The molecule has 0 spiro atoms. The van der Waals surface area contributed by atoms with Crippen LogP contribution in [0.4, 0.5) is 16.2 Å². The number of urea groups is 1. The summed E-state index contributed by atoms with van der Waals surface area (Å²) in [5.74, 6) is 1.85. The fraction of sp³-hybridized carbons (Fsp3) is 0.182. The first kappa shape index (κ1) is 30.3. The molecule has 1 heterocycles. The van der Waals surface area contributed by atoms with Crippen molar-refractivity contribution in [3.8, 4) is 11.4 Å². The number of nitrogens with one attached hydrogen (secondary N) is 2. The number of ether oxygens (including phenoxy) is 1. The van der Waals surface area contributed by atoms with Crippen LogP contribution in [0.25, 0.3) is 5.69 Å². The summed E-state index contributed by atoms with van der Waals surface area (Å²) in [7, 11) is 0. The molecule has 1 atom stereocenters. The van der Waals surface area contributed by atoms with E-state index in [4.69, 9.17) is 4.74 Å². The van der Waals surface area contributed by atoms with Crippen molar-refractivity contribution in [2.45, 2.75) is 37.2 Å². The van der Waals surface area contributed by atoms with E-state index in [-0.39, 0.29) is 5.69 Å². The average Bonchev–Trinajstić information content (AvgIpc) is 3.45. The van der Waals surface area contributed by atoms with Gasteiger partial charge in [-0.05, 0) is 61.4 Å². The molecule has 0 bridgehead atoms. The van der Waals surface area contributed by atoms with Gasteiger partial charge >= 0.3 is 6.03 Å². The molecule has 10 nitrogen and oxygen atoms in total. The highest BCUT2D eigenvalue weighted by molar-refractivity contribution is 7.98. The first-order chi connectivity index (χ1) is 21.4. The largest absolute Gasteiger partial charge is 0.494 e. The fourth-order valence-electron chi connectivity index (χ4n) is 4.70. The summed E-state index contributed by atoms with van der Waals surface area (Å²) >= 11 is 1.50. The molecule has 1 unspecified atom stereocenters. The number of carbonyl (C=O) groups is 1. The van der Waals surface area contributed by atoms with E-state index in [2.05, 4.69) is 33.0 Å². The van der Waals surface area contributed by atoms with Crippen LogP contribution >= 0.6 is 11.8 Å². The van der Waals surface area contributed by atoms with E-state index >= 15 is 0 Å². The lowest BCUT2D eigenvalue weighted by Crippen LogP contribution is -2.35. The number of non-ortho nitro benzene ring substituents is 1. The van der Waals surface area contributed by atoms with Gasteiger partial charge in [-0.25, -0.2) is 4.79 Å². The Balaban J connectivity index is 1.48. The molecule has 0 aliphatic carbocycles. The molecule has 224 valence electrons. The van der Waals surface area contributed by atoms with Gasteiger partial charge in [-0.2, -0.15) is 0 Å². The molecule has 0 aliphatic heterocycles. The van der Waals surface area contributed by atoms with Crippen molar-refractivity contribution in [2.75, 3.05) is 11.9 Å². The zero-order valence-corrected chi connectivity index (χ0v) is 25.2. The first-order valence-electron chi connectivity index (χ1n) is 14.1. The van der Waals surface area contributed by atoms with E-state index in [0.29, 0.717) is 46.9 Å². The lowest BCUT2D eigenvalue weighted by atomic mass is 10.1. The Hall–Kier alpha value is -5.16. The van der Waals surface area contributed by atoms with Gasteiger partial charge in [-0.15, -0.1) is 10.2 Å². The number of hydrogen-bond acceptors (Lipinski definition) is 7. The number of benzene rings is 4. The van der Waals surface area contributed by atoms with Crippen LogP contribution in [0.5, 0.6) is 5.75 Å². The molecule has 0 radical (unpaired) electrons. The average molecular weight is 609 g/mol. The molecular formula is C33H32N6O4S. The Kier molecular flexibility index (Phi) is 9.88. The third-order valence-corrected chi connectivity index (χ3v) is 7.75. The van der Waals surface area contributed by atoms with Crippen LogP contribution in [0.15, 0.2) is 108 Å². The number of rotatable bonds is 12. The summed E-state index contributed by atoms with van der Waals surface area (Å²) in [6.45, 7) is 4.51. The zero-order chi connectivity index (χ0) is 30.9. The van der Waals surface area contributed by atoms with Crippen molar-refractivity contribution in [1.82, 2.24) is 20.1 Å². The van der Waals surface area contributed by atoms with Crippen molar-refractivity contribution in [3.63, 3.8) is 0 Å². The van der Waals surface area contributed by atoms with Crippen LogP contribution in [-0.2, 0) is 12.2 Å². The van der Waals surface area contributed by atoms with E-state index in [9.17, 15) is 14.9 Å². The lowest BCUT2D eigenvalue weighted by Gasteiger charge is -2.20. The molecule has 44 heavy (non-hydrogen) atoms. The van der Waals surface area contributed by atoms with Crippen LogP contribution in [0, 0.1) is 17.0 Å². The monoisotopic (exact) mass is 608 g/mol. The number of aryl methyl sites for hydroxylation is 1. The van der Waals surface area contributed by atoms with Gasteiger partial charge in [0, 0.05) is 35.7 Å². The summed E-state index contributed by atoms with van der Waals surface area (Å²) < 4.78 is 7.36. The Labute approximate surface area is 259 Å². The maximum absolute atomic E-state index is 13.3. The van der Waals surface area contributed by atoms with Crippen molar-refractivity contribution in [2.24, 2.45) is 0 Å². The molecule has 4 aromatic carbocycles. The summed E-state index contributed by atoms with van der Waals surface area (Å²) in [6.07, 6.45) is 0.436. The van der Waals surface area contributed by atoms with Gasteiger partial charge in [0.1, 0.15) is 5.75 Å². The van der Waals surface area contributed by atoms with Crippen molar-refractivity contribution < 1.29 is 14.5 Å². The summed E-state index contributed by atoms with van der Waals surface area (Å²) in [6, 6.07) is 30.4. The van der Waals surface area contributed by atoms with Crippen LogP contribution in [0.3, 0.4) is 0 Å². The van der Waals surface area contributed by atoms with Crippen molar-refractivity contribution in [3.05, 3.63) is 136 Å². The predicted molar refractivity (Wildman–Crippen MR) is 171 cm³/mol. The number of carbonyl (C=O) groups excluding carboxylic acids is 1. The Morgan fingerprint density at radius 3 is 2.36 bits per heavy atom. The number of nitrogens with zero attached hydrogens (tertiary/aromatic N) is 4. The number of nitro benzene ring substituents is 1. The highest BCUT2D eigenvalue weighted by Gasteiger charge is 2.25. The van der Waals surface area contributed by atoms with Gasteiger partial charge in [-0.3, -0.25) is 14.7 Å². The van der Waals surface area contributed by atoms with E-state index in [0.717, 1.165) is 16.7 Å². The Morgan fingerprint density at radius 2 is 1.68 bits per heavy atom. The van der Waals surface area contributed by atoms with Gasteiger partial charge in [-0.1, -0.05) is 71.9 Å². The molecule has 1 aromatic heterocycles. The SMILES string of the molecule is CCOc1ccc(NC(=O)NC(Cc2ccccc2)c2nnc(SCc3cccc(C)c3)n2-c2ccc([N+](=O)[O-])cc2)cc1. The highest BCUT2D eigenvalue weighted by atomic mass is 32.2. The highest BCUT2D eigenvalue weighted by Crippen LogP contribution is 2.30. The molecular weight excluding hydrogens is 576 g/mol. The van der Waals surface area contributed by atoms with E-state index < -0.39 is 17.0 Å². The summed E-state index contributed by atoms with van der Waals surface area (Å²) in [4.78, 5) is 24.2. The maximum Gasteiger partial charge on any atom is 0.319 e.